The van der Waals surface area contributed by atoms with Crippen molar-refractivity contribution in [1.82, 2.24) is 14.5 Å². The van der Waals surface area contributed by atoms with Gasteiger partial charge in [-0.3, -0.25) is 24.3 Å². The summed E-state index contributed by atoms with van der Waals surface area (Å²) in [6.45, 7) is 0.145. The van der Waals surface area contributed by atoms with Crippen LogP contribution in [-0.4, -0.2) is 32.3 Å². The Bertz CT molecular complexity index is 1080. The molecule has 0 atom stereocenters. The number of fused-ring (bicyclic) bond motifs is 1. The molecule has 0 bridgehead atoms. The van der Waals surface area contributed by atoms with Gasteiger partial charge in [-0.05, 0) is 23.8 Å². The first-order valence-corrected chi connectivity index (χ1v) is 8.35. The van der Waals surface area contributed by atoms with E-state index in [1.807, 2.05) is 12.1 Å². The third-order valence-corrected chi connectivity index (χ3v) is 4.33. The number of nitro groups is 1. The maximum Gasteiger partial charge on any atom is 0.270 e. The number of amides is 1. The molecule has 0 saturated heterocycles. The number of likely N-dealkylation sites (N-methyl/N-ethyl adjacent to an activating group) is 1. The molecule has 8 nitrogen and oxygen atoms in total. The van der Waals surface area contributed by atoms with Gasteiger partial charge in [0.1, 0.15) is 6.54 Å². The minimum Gasteiger partial charge on any atom is -0.340 e. The summed E-state index contributed by atoms with van der Waals surface area (Å²) in [5.41, 5.74) is 0.529. The van der Waals surface area contributed by atoms with Gasteiger partial charge in [0.2, 0.25) is 5.91 Å². The molecular weight excluding hydrogens is 372 g/mol. The summed E-state index contributed by atoms with van der Waals surface area (Å²) in [6, 6.07) is 11.0. The highest BCUT2D eigenvalue weighted by atomic mass is 35.5. The smallest absolute Gasteiger partial charge is 0.270 e. The molecule has 1 aromatic heterocycles. The Kier molecular flexibility index (Phi) is 5.18. The molecule has 9 heteroatoms. The second kappa shape index (κ2) is 7.55. The number of carbonyl (C=O) groups is 1. The number of benzene rings is 2. The van der Waals surface area contributed by atoms with Crippen LogP contribution in [0.5, 0.6) is 0 Å². The van der Waals surface area contributed by atoms with E-state index in [0.29, 0.717) is 17.1 Å². The fourth-order valence-corrected chi connectivity index (χ4v) is 2.72. The summed E-state index contributed by atoms with van der Waals surface area (Å²) >= 11 is 5.85. The van der Waals surface area contributed by atoms with Crippen LogP contribution in [0.4, 0.5) is 5.69 Å². The molecule has 0 aliphatic rings. The van der Waals surface area contributed by atoms with E-state index in [9.17, 15) is 19.7 Å². The Morgan fingerprint density at radius 2 is 1.96 bits per heavy atom. The van der Waals surface area contributed by atoms with Crippen LogP contribution >= 0.6 is 11.6 Å². The zero-order valence-electron chi connectivity index (χ0n) is 14.3. The topological polar surface area (TPSA) is 98.3 Å². The van der Waals surface area contributed by atoms with Crippen LogP contribution < -0.4 is 5.56 Å². The van der Waals surface area contributed by atoms with Crippen molar-refractivity contribution in [2.45, 2.75) is 13.1 Å². The van der Waals surface area contributed by atoms with Gasteiger partial charge >= 0.3 is 0 Å². The van der Waals surface area contributed by atoms with Crippen molar-refractivity contribution in [1.29, 1.82) is 0 Å². The lowest BCUT2D eigenvalue weighted by Crippen LogP contribution is -2.33. The molecule has 1 amide bonds. The number of hydrogen-bond acceptors (Lipinski definition) is 5. The molecule has 0 spiro atoms. The lowest BCUT2D eigenvalue weighted by Gasteiger charge is -2.18. The van der Waals surface area contributed by atoms with Crippen molar-refractivity contribution in [2.24, 2.45) is 0 Å². The van der Waals surface area contributed by atoms with Gasteiger partial charge in [-0.25, -0.2) is 4.98 Å². The number of non-ortho nitro benzene ring substituents is 1. The molecule has 0 radical (unpaired) electrons. The minimum absolute atomic E-state index is 0.0971. The number of nitrogens with zero attached hydrogens (tertiary/aromatic N) is 4. The van der Waals surface area contributed by atoms with Crippen LogP contribution in [0.25, 0.3) is 10.9 Å². The third kappa shape index (κ3) is 4.12. The van der Waals surface area contributed by atoms with E-state index in [0.717, 1.165) is 10.1 Å². The Morgan fingerprint density at radius 3 is 2.63 bits per heavy atom. The highest BCUT2D eigenvalue weighted by Gasteiger charge is 2.14. The van der Waals surface area contributed by atoms with Gasteiger partial charge in [0.25, 0.3) is 11.2 Å². The zero-order valence-corrected chi connectivity index (χ0v) is 15.1. The molecule has 3 rings (SSSR count). The van der Waals surface area contributed by atoms with Crippen molar-refractivity contribution in [2.75, 3.05) is 7.05 Å². The second-order valence-corrected chi connectivity index (χ2v) is 6.45. The maximum absolute atomic E-state index is 12.6. The quantitative estimate of drug-likeness (QED) is 0.495. The summed E-state index contributed by atoms with van der Waals surface area (Å²) < 4.78 is 1.15. The molecule has 0 saturated carbocycles. The molecule has 3 aromatic rings. The van der Waals surface area contributed by atoms with Crippen molar-refractivity contribution >= 4 is 34.1 Å². The first-order chi connectivity index (χ1) is 12.8. The normalized spacial score (nSPS) is 10.7. The van der Waals surface area contributed by atoms with Gasteiger partial charge < -0.3 is 4.90 Å². The molecule has 0 aliphatic carbocycles. The van der Waals surface area contributed by atoms with Crippen molar-refractivity contribution in [3.05, 3.63) is 79.8 Å². The van der Waals surface area contributed by atoms with E-state index in [1.54, 1.807) is 19.2 Å². The number of rotatable bonds is 5. The van der Waals surface area contributed by atoms with Crippen LogP contribution in [0.15, 0.2) is 53.6 Å². The molecular formula is C18H15ClN4O4. The number of halogens is 1. The summed E-state index contributed by atoms with van der Waals surface area (Å²) in [5, 5.41) is 11.6. The number of nitro benzene ring substituents is 1. The van der Waals surface area contributed by atoms with Crippen LogP contribution in [0.2, 0.25) is 5.02 Å². The van der Waals surface area contributed by atoms with Gasteiger partial charge in [-0.1, -0.05) is 23.7 Å². The van der Waals surface area contributed by atoms with E-state index in [2.05, 4.69) is 4.98 Å². The third-order valence-electron chi connectivity index (χ3n) is 4.08. The number of hydrogen-bond donors (Lipinski definition) is 0. The maximum atomic E-state index is 12.6. The first-order valence-electron chi connectivity index (χ1n) is 7.97. The predicted molar refractivity (Wildman–Crippen MR) is 101 cm³/mol. The van der Waals surface area contributed by atoms with Crippen LogP contribution in [-0.2, 0) is 17.9 Å². The Labute approximate surface area is 158 Å². The van der Waals surface area contributed by atoms with Crippen molar-refractivity contribution < 1.29 is 9.72 Å². The molecule has 2 aromatic carbocycles. The zero-order chi connectivity index (χ0) is 19.6. The average molecular weight is 387 g/mol. The molecule has 27 heavy (non-hydrogen) atoms. The van der Waals surface area contributed by atoms with Crippen molar-refractivity contribution in [3.8, 4) is 0 Å². The van der Waals surface area contributed by atoms with Gasteiger partial charge in [0, 0.05) is 30.7 Å². The van der Waals surface area contributed by atoms with E-state index in [-0.39, 0.29) is 23.5 Å². The largest absolute Gasteiger partial charge is 0.340 e. The Hall–Kier alpha value is -3.26. The molecule has 0 aliphatic heterocycles. The molecule has 1 heterocycles. The predicted octanol–water partition coefficient (Wildman–Crippen LogP) is 2.62. The van der Waals surface area contributed by atoms with Crippen LogP contribution in [0, 0.1) is 10.1 Å². The summed E-state index contributed by atoms with van der Waals surface area (Å²) in [4.78, 5) is 40.9. The highest BCUT2D eigenvalue weighted by molar-refractivity contribution is 6.30. The Balaban J connectivity index is 1.81. The number of aromatic nitrogens is 2. The minimum atomic E-state index is -0.582. The SMILES string of the molecule is CN(Cc1ccc(Cl)cc1)C(=O)Cn1cnc2ccc([N+](=O)[O-])cc2c1=O. The summed E-state index contributed by atoms with van der Waals surface area (Å²) in [5.74, 6) is -0.293. The van der Waals surface area contributed by atoms with E-state index in [4.69, 9.17) is 11.6 Å². The first kappa shape index (κ1) is 18.5. The monoisotopic (exact) mass is 386 g/mol. The van der Waals surface area contributed by atoms with Crippen LogP contribution in [0.3, 0.4) is 0 Å². The second-order valence-electron chi connectivity index (χ2n) is 6.01. The average Bonchev–Trinajstić information content (AvgIpc) is 2.65. The molecule has 0 fully saturated rings. The standard InChI is InChI=1S/C18H15ClN4O4/c1-21(9-12-2-4-13(19)5-3-12)17(24)10-22-11-20-16-7-6-14(23(26)27)8-15(16)18(22)25/h2-8,11H,9-10H2,1H3. The lowest BCUT2D eigenvalue weighted by molar-refractivity contribution is -0.384. The fourth-order valence-electron chi connectivity index (χ4n) is 2.59. The Morgan fingerprint density at radius 1 is 1.26 bits per heavy atom. The van der Waals surface area contributed by atoms with E-state index >= 15 is 0 Å². The lowest BCUT2D eigenvalue weighted by atomic mass is 10.2. The van der Waals surface area contributed by atoms with Gasteiger partial charge in [-0.15, -0.1) is 0 Å². The summed E-state index contributed by atoms with van der Waals surface area (Å²) in [6.07, 6.45) is 1.27. The van der Waals surface area contributed by atoms with E-state index < -0.39 is 10.5 Å². The molecule has 138 valence electrons. The van der Waals surface area contributed by atoms with Crippen LogP contribution in [0.1, 0.15) is 5.56 Å². The summed E-state index contributed by atoms with van der Waals surface area (Å²) in [7, 11) is 1.63. The number of carbonyl (C=O) groups excluding carboxylic acids is 1. The fraction of sp³-hybridized carbons (Fsp3) is 0.167. The van der Waals surface area contributed by atoms with Gasteiger partial charge in [-0.2, -0.15) is 0 Å². The highest BCUT2D eigenvalue weighted by Crippen LogP contribution is 2.16. The van der Waals surface area contributed by atoms with Gasteiger partial charge in [0.15, 0.2) is 0 Å². The van der Waals surface area contributed by atoms with E-state index in [1.165, 1.54) is 29.4 Å². The van der Waals surface area contributed by atoms with Crippen molar-refractivity contribution in [3.63, 3.8) is 0 Å². The van der Waals surface area contributed by atoms with Gasteiger partial charge in [0.05, 0.1) is 22.2 Å². The molecule has 0 unspecified atom stereocenters. The molecule has 0 N–H and O–H groups in total.